The van der Waals surface area contributed by atoms with Crippen LogP contribution < -0.4 is 15.2 Å². The summed E-state index contributed by atoms with van der Waals surface area (Å²) in [7, 11) is 1.53. The third-order valence-electron chi connectivity index (χ3n) is 2.78. The number of phenolic OH excluding ortho intramolecular Hbond substituents is 1. The molecule has 2 aromatic carbocycles. The van der Waals surface area contributed by atoms with Gasteiger partial charge in [-0.25, -0.2) is 0 Å². The van der Waals surface area contributed by atoms with Crippen molar-refractivity contribution in [1.82, 2.24) is 0 Å². The van der Waals surface area contributed by atoms with E-state index in [1.165, 1.54) is 7.11 Å². The maximum Gasteiger partial charge on any atom is 0.161 e. The highest BCUT2D eigenvalue weighted by molar-refractivity contribution is 5.95. The minimum Gasteiger partial charge on any atom is -0.508 e. The summed E-state index contributed by atoms with van der Waals surface area (Å²) in [5, 5.41) is 16.8. The lowest BCUT2D eigenvalue weighted by atomic mass is 10.2. The normalized spacial score (nSPS) is 10.1. The summed E-state index contributed by atoms with van der Waals surface area (Å²) in [6.07, 6.45) is 0. The molecule has 0 spiro atoms. The SMILES string of the molecule is COc1cc(C(=N)N)ccc1OCc1cccc(O)c1. The quantitative estimate of drug-likeness (QED) is 0.575. The fraction of sp³-hybridized carbons (Fsp3) is 0.133. The van der Waals surface area contributed by atoms with Gasteiger partial charge in [-0.1, -0.05) is 12.1 Å². The summed E-state index contributed by atoms with van der Waals surface area (Å²) in [4.78, 5) is 0. The third kappa shape index (κ3) is 3.20. The Morgan fingerprint density at radius 3 is 2.65 bits per heavy atom. The van der Waals surface area contributed by atoms with E-state index in [1.54, 1.807) is 36.4 Å². The molecule has 0 aliphatic heterocycles. The molecule has 0 aliphatic carbocycles. The molecule has 0 fully saturated rings. The number of ether oxygens (including phenoxy) is 2. The van der Waals surface area contributed by atoms with Gasteiger partial charge in [-0.15, -0.1) is 0 Å². The lowest BCUT2D eigenvalue weighted by molar-refractivity contribution is 0.284. The highest BCUT2D eigenvalue weighted by Gasteiger charge is 2.07. The lowest BCUT2D eigenvalue weighted by Gasteiger charge is -2.12. The van der Waals surface area contributed by atoms with Crippen molar-refractivity contribution >= 4 is 5.84 Å². The van der Waals surface area contributed by atoms with Crippen molar-refractivity contribution in [3.05, 3.63) is 53.6 Å². The Kier molecular flexibility index (Phi) is 4.10. The molecule has 20 heavy (non-hydrogen) atoms. The smallest absolute Gasteiger partial charge is 0.161 e. The van der Waals surface area contributed by atoms with Gasteiger partial charge in [-0.3, -0.25) is 5.41 Å². The van der Waals surface area contributed by atoms with Crippen LogP contribution in [0.25, 0.3) is 0 Å². The molecular formula is C15H16N2O3. The average molecular weight is 272 g/mol. The van der Waals surface area contributed by atoms with E-state index in [2.05, 4.69) is 0 Å². The average Bonchev–Trinajstić information content (AvgIpc) is 2.45. The van der Waals surface area contributed by atoms with Gasteiger partial charge in [0.05, 0.1) is 7.11 Å². The first-order valence-electron chi connectivity index (χ1n) is 6.03. The lowest BCUT2D eigenvalue weighted by Crippen LogP contribution is -2.11. The van der Waals surface area contributed by atoms with Gasteiger partial charge in [0.25, 0.3) is 0 Å². The van der Waals surface area contributed by atoms with Crippen LogP contribution in [0.1, 0.15) is 11.1 Å². The van der Waals surface area contributed by atoms with Crippen LogP contribution in [-0.4, -0.2) is 18.1 Å². The number of benzene rings is 2. The predicted octanol–water partition coefficient (Wildman–Crippen LogP) is 2.26. The number of nitrogens with two attached hydrogens (primary N) is 1. The topological polar surface area (TPSA) is 88.6 Å². The number of hydrogen-bond donors (Lipinski definition) is 3. The molecule has 0 saturated carbocycles. The minimum absolute atomic E-state index is 0.0252. The van der Waals surface area contributed by atoms with Crippen LogP contribution in [0.2, 0.25) is 0 Å². The maximum absolute atomic E-state index is 9.39. The van der Waals surface area contributed by atoms with Gasteiger partial charge in [0.1, 0.15) is 18.2 Å². The van der Waals surface area contributed by atoms with E-state index in [-0.39, 0.29) is 11.6 Å². The zero-order chi connectivity index (χ0) is 14.5. The second-order valence-electron chi connectivity index (χ2n) is 4.24. The van der Waals surface area contributed by atoms with Crippen LogP contribution in [-0.2, 0) is 6.61 Å². The molecule has 2 aromatic rings. The van der Waals surface area contributed by atoms with E-state index >= 15 is 0 Å². The van der Waals surface area contributed by atoms with Crippen molar-refractivity contribution in [2.24, 2.45) is 5.73 Å². The first-order valence-corrected chi connectivity index (χ1v) is 6.03. The molecule has 5 nitrogen and oxygen atoms in total. The number of nitrogens with one attached hydrogen (secondary N) is 1. The van der Waals surface area contributed by atoms with Gasteiger partial charge in [-0.05, 0) is 35.9 Å². The molecule has 0 saturated heterocycles. The zero-order valence-electron chi connectivity index (χ0n) is 11.1. The second-order valence-corrected chi connectivity index (χ2v) is 4.24. The van der Waals surface area contributed by atoms with E-state index in [0.29, 0.717) is 23.7 Å². The fourth-order valence-corrected chi connectivity index (χ4v) is 1.76. The van der Waals surface area contributed by atoms with Crippen molar-refractivity contribution in [1.29, 1.82) is 5.41 Å². The predicted molar refractivity (Wildman–Crippen MR) is 76.4 cm³/mol. The Hall–Kier alpha value is -2.69. The van der Waals surface area contributed by atoms with Gasteiger partial charge in [0.2, 0.25) is 0 Å². The van der Waals surface area contributed by atoms with Crippen molar-refractivity contribution in [3.63, 3.8) is 0 Å². The molecule has 0 atom stereocenters. The van der Waals surface area contributed by atoms with E-state index in [9.17, 15) is 5.11 Å². The Labute approximate surface area is 117 Å². The Balaban J connectivity index is 2.15. The van der Waals surface area contributed by atoms with Crippen molar-refractivity contribution in [2.75, 3.05) is 7.11 Å². The standard InChI is InChI=1S/C15H16N2O3/c1-19-14-8-11(15(16)17)5-6-13(14)20-9-10-3-2-4-12(18)7-10/h2-8,18H,9H2,1H3,(H3,16,17). The molecule has 0 bridgehead atoms. The number of phenols is 1. The molecule has 0 aliphatic rings. The molecule has 0 amide bonds. The Morgan fingerprint density at radius 2 is 2.00 bits per heavy atom. The van der Waals surface area contributed by atoms with E-state index in [0.717, 1.165) is 5.56 Å². The van der Waals surface area contributed by atoms with Gasteiger partial charge in [-0.2, -0.15) is 0 Å². The van der Waals surface area contributed by atoms with Gasteiger partial charge in [0.15, 0.2) is 11.5 Å². The van der Waals surface area contributed by atoms with E-state index < -0.39 is 0 Å². The summed E-state index contributed by atoms with van der Waals surface area (Å²) >= 11 is 0. The highest BCUT2D eigenvalue weighted by Crippen LogP contribution is 2.28. The fourth-order valence-electron chi connectivity index (χ4n) is 1.76. The molecule has 2 rings (SSSR count). The van der Waals surface area contributed by atoms with Crippen LogP contribution in [0.4, 0.5) is 0 Å². The van der Waals surface area contributed by atoms with Gasteiger partial charge in [0, 0.05) is 5.56 Å². The first kappa shape index (κ1) is 13.7. The molecule has 0 radical (unpaired) electrons. The van der Waals surface area contributed by atoms with Gasteiger partial charge >= 0.3 is 0 Å². The number of amidine groups is 1. The number of nitrogen functional groups attached to an aromatic ring is 1. The largest absolute Gasteiger partial charge is 0.508 e. The van der Waals surface area contributed by atoms with Gasteiger partial charge < -0.3 is 20.3 Å². The minimum atomic E-state index is -0.0252. The van der Waals surface area contributed by atoms with Crippen molar-refractivity contribution in [3.8, 4) is 17.2 Å². The monoisotopic (exact) mass is 272 g/mol. The first-order chi connectivity index (χ1) is 9.60. The zero-order valence-corrected chi connectivity index (χ0v) is 11.1. The van der Waals surface area contributed by atoms with E-state index in [4.69, 9.17) is 20.6 Å². The van der Waals surface area contributed by atoms with Crippen molar-refractivity contribution < 1.29 is 14.6 Å². The van der Waals surface area contributed by atoms with Crippen molar-refractivity contribution in [2.45, 2.75) is 6.61 Å². The second kappa shape index (κ2) is 5.97. The van der Waals surface area contributed by atoms with Crippen LogP contribution >= 0.6 is 0 Å². The molecule has 0 aromatic heterocycles. The molecule has 5 heteroatoms. The number of hydrogen-bond acceptors (Lipinski definition) is 4. The van der Waals surface area contributed by atoms with Crippen LogP contribution in [0.15, 0.2) is 42.5 Å². The van der Waals surface area contributed by atoms with E-state index in [1.807, 2.05) is 6.07 Å². The molecule has 0 unspecified atom stereocenters. The maximum atomic E-state index is 9.39. The number of methoxy groups -OCH3 is 1. The summed E-state index contributed by atoms with van der Waals surface area (Å²) in [5.41, 5.74) is 6.85. The summed E-state index contributed by atoms with van der Waals surface area (Å²) in [6.45, 7) is 0.310. The van der Waals surface area contributed by atoms with Crippen LogP contribution in [0.5, 0.6) is 17.2 Å². The Bertz CT molecular complexity index is 626. The molecule has 4 N–H and O–H groups in total. The van der Waals surface area contributed by atoms with Crippen LogP contribution in [0, 0.1) is 5.41 Å². The molecular weight excluding hydrogens is 256 g/mol. The van der Waals surface area contributed by atoms with Crippen LogP contribution in [0.3, 0.4) is 0 Å². The highest BCUT2D eigenvalue weighted by atomic mass is 16.5. The number of rotatable bonds is 5. The third-order valence-corrected chi connectivity index (χ3v) is 2.78. The molecule has 104 valence electrons. The summed E-state index contributed by atoms with van der Waals surface area (Å²) < 4.78 is 10.9. The Morgan fingerprint density at radius 1 is 1.20 bits per heavy atom. The summed E-state index contributed by atoms with van der Waals surface area (Å²) in [6, 6.07) is 11.9. The number of aromatic hydroxyl groups is 1. The summed E-state index contributed by atoms with van der Waals surface area (Å²) in [5.74, 6) is 1.24. The molecule has 0 heterocycles.